The van der Waals surface area contributed by atoms with E-state index >= 15 is 0 Å². The maximum absolute atomic E-state index is 13.4. The minimum absolute atomic E-state index is 0.00295. The van der Waals surface area contributed by atoms with Crippen molar-refractivity contribution >= 4 is 22.6 Å². The molecule has 1 aliphatic heterocycles. The lowest BCUT2D eigenvalue weighted by Crippen LogP contribution is -2.33. The van der Waals surface area contributed by atoms with Gasteiger partial charge in [-0.1, -0.05) is 36.4 Å². The number of amides is 1. The van der Waals surface area contributed by atoms with Crippen molar-refractivity contribution in [2.24, 2.45) is 5.73 Å². The molecule has 2 aromatic carbocycles. The minimum atomic E-state index is -0.265. The zero-order valence-electron chi connectivity index (χ0n) is 20.7. The van der Waals surface area contributed by atoms with Crippen LogP contribution in [0.4, 0.5) is 5.69 Å². The fourth-order valence-electron chi connectivity index (χ4n) is 4.88. The molecule has 0 spiro atoms. The van der Waals surface area contributed by atoms with Gasteiger partial charge in [0.25, 0.3) is 5.91 Å². The average molecular weight is 483 g/mol. The predicted octanol–water partition coefficient (Wildman–Crippen LogP) is 4.82. The Morgan fingerprint density at radius 3 is 2.67 bits per heavy atom. The van der Waals surface area contributed by atoms with E-state index in [1.807, 2.05) is 62.4 Å². The molecular formula is C29H30N4O3. The average Bonchev–Trinajstić information content (AvgIpc) is 3.32. The Balaban J connectivity index is 1.56. The molecule has 2 aromatic heterocycles. The van der Waals surface area contributed by atoms with Gasteiger partial charge in [-0.3, -0.25) is 9.59 Å². The van der Waals surface area contributed by atoms with E-state index in [1.165, 1.54) is 0 Å². The van der Waals surface area contributed by atoms with Crippen molar-refractivity contribution in [1.29, 1.82) is 0 Å². The molecule has 0 bridgehead atoms. The molecular weight excluding hydrogens is 452 g/mol. The maximum Gasteiger partial charge on any atom is 0.274 e. The molecule has 3 N–H and O–H groups in total. The van der Waals surface area contributed by atoms with Gasteiger partial charge in [0.15, 0.2) is 11.1 Å². The van der Waals surface area contributed by atoms with Crippen LogP contribution < -0.4 is 16.5 Å². The molecule has 184 valence electrons. The molecule has 2 atom stereocenters. The number of nitrogens with zero attached hydrogens (tertiary/aromatic N) is 2. The number of anilines is 1. The maximum atomic E-state index is 13.4. The lowest BCUT2D eigenvalue weighted by Gasteiger charge is -2.22. The lowest BCUT2D eigenvalue weighted by molar-refractivity contribution is 0.0786. The zero-order valence-corrected chi connectivity index (χ0v) is 20.7. The van der Waals surface area contributed by atoms with Gasteiger partial charge in [-0.05, 0) is 51.0 Å². The Morgan fingerprint density at radius 2 is 1.94 bits per heavy atom. The number of pyridine rings is 1. The number of nitrogens with one attached hydrogen (secondary N) is 1. The standard InChI is InChI=1S/C29H30N4O3/c1-17-14-22(28-23(15-17)26(34)18(2)27(36-28)20-8-5-4-6-9-20)19(3)32-24-10-7-12-31-25(24)29(35)33-13-11-21(30)16-33/h4-10,12,14-15,19,21,32H,11,13,16,30H2,1-3H3/t19-,21?/m1/s1. The van der Waals surface area contributed by atoms with Gasteiger partial charge in [0, 0.05) is 42.0 Å². The first-order valence-corrected chi connectivity index (χ1v) is 12.2. The number of aromatic nitrogens is 1. The van der Waals surface area contributed by atoms with Crippen LogP contribution in [0, 0.1) is 13.8 Å². The second kappa shape index (κ2) is 9.59. The monoisotopic (exact) mass is 482 g/mol. The number of carbonyl (C=O) groups excluding carboxylic acids is 1. The van der Waals surface area contributed by atoms with Gasteiger partial charge in [0.05, 0.1) is 17.1 Å². The van der Waals surface area contributed by atoms with E-state index < -0.39 is 0 Å². The number of nitrogens with two attached hydrogens (primary N) is 1. The van der Waals surface area contributed by atoms with Crippen LogP contribution in [0.1, 0.15) is 46.6 Å². The summed E-state index contributed by atoms with van der Waals surface area (Å²) in [6.45, 7) is 6.91. The molecule has 7 nitrogen and oxygen atoms in total. The first kappa shape index (κ1) is 23.8. The van der Waals surface area contributed by atoms with Crippen molar-refractivity contribution in [2.75, 3.05) is 18.4 Å². The smallest absolute Gasteiger partial charge is 0.274 e. The predicted molar refractivity (Wildman–Crippen MR) is 142 cm³/mol. The third-order valence-corrected chi connectivity index (χ3v) is 6.79. The van der Waals surface area contributed by atoms with Gasteiger partial charge in [-0.2, -0.15) is 0 Å². The summed E-state index contributed by atoms with van der Waals surface area (Å²) in [6.07, 6.45) is 2.41. The zero-order chi connectivity index (χ0) is 25.4. The largest absolute Gasteiger partial charge is 0.455 e. The molecule has 0 radical (unpaired) electrons. The molecule has 4 aromatic rings. The van der Waals surface area contributed by atoms with Crippen LogP contribution in [0.15, 0.2) is 70.0 Å². The molecule has 36 heavy (non-hydrogen) atoms. The fraction of sp³-hybridized carbons (Fsp3) is 0.276. The number of hydrogen-bond acceptors (Lipinski definition) is 6. The third-order valence-electron chi connectivity index (χ3n) is 6.79. The summed E-state index contributed by atoms with van der Waals surface area (Å²) in [5, 5.41) is 4.00. The Hall–Kier alpha value is -3.97. The molecule has 1 aliphatic rings. The van der Waals surface area contributed by atoms with Crippen molar-refractivity contribution < 1.29 is 9.21 Å². The van der Waals surface area contributed by atoms with E-state index in [1.54, 1.807) is 24.1 Å². The van der Waals surface area contributed by atoms with Crippen LogP contribution in [0.25, 0.3) is 22.3 Å². The van der Waals surface area contributed by atoms with E-state index in [2.05, 4.69) is 10.3 Å². The summed E-state index contributed by atoms with van der Waals surface area (Å²) in [5.74, 6) is 0.425. The van der Waals surface area contributed by atoms with Crippen LogP contribution >= 0.6 is 0 Å². The van der Waals surface area contributed by atoms with E-state index in [-0.39, 0.29) is 23.4 Å². The number of rotatable bonds is 5. The lowest BCUT2D eigenvalue weighted by atomic mass is 9.98. The highest BCUT2D eigenvalue weighted by molar-refractivity contribution is 5.98. The van der Waals surface area contributed by atoms with Crippen molar-refractivity contribution in [3.63, 3.8) is 0 Å². The summed E-state index contributed by atoms with van der Waals surface area (Å²) in [4.78, 5) is 32.7. The van der Waals surface area contributed by atoms with Gasteiger partial charge in [0.2, 0.25) is 0 Å². The first-order valence-electron chi connectivity index (χ1n) is 12.2. The second-order valence-corrected chi connectivity index (χ2v) is 9.55. The summed E-state index contributed by atoms with van der Waals surface area (Å²) in [7, 11) is 0. The van der Waals surface area contributed by atoms with E-state index in [4.69, 9.17) is 10.2 Å². The van der Waals surface area contributed by atoms with Gasteiger partial charge in [-0.15, -0.1) is 0 Å². The summed E-state index contributed by atoms with van der Waals surface area (Å²) >= 11 is 0. The Bertz CT molecular complexity index is 1500. The van der Waals surface area contributed by atoms with E-state index in [0.717, 1.165) is 23.1 Å². The molecule has 0 saturated carbocycles. The summed E-state index contributed by atoms with van der Waals surface area (Å²) in [5.41, 5.74) is 10.7. The first-order chi connectivity index (χ1) is 17.3. The van der Waals surface area contributed by atoms with Crippen LogP contribution in [-0.4, -0.2) is 34.9 Å². The van der Waals surface area contributed by atoms with Crippen LogP contribution in [0.3, 0.4) is 0 Å². The van der Waals surface area contributed by atoms with Gasteiger partial charge >= 0.3 is 0 Å². The second-order valence-electron chi connectivity index (χ2n) is 9.55. The van der Waals surface area contributed by atoms with Crippen molar-refractivity contribution in [3.8, 4) is 11.3 Å². The quantitative estimate of drug-likeness (QED) is 0.423. The Morgan fingerprint density at radius 1 is 1.17 bits per heavy atom. The van der Waals surface area contributed by atoms with Gasteiger partial charge in [0.1, 0.15) is 11.3 Å². The van der Waals surface area contributed by atoms with Crippen LogP contribution in [-0.2, 0) is 0 Å². The number of aryl methyl sites for hydroxylation is 1. The molecule has 0 aliphatic carbocycles. The molecule has 3 heterocycles. The van der Waals surface area contributed by atoms with Crippen LogP contribution in [0.5, 0.6) is 0 Å². The third kappa shape index (κ3) is 4.38. The Labute approximate surface area is 210 Å². The summed E-state index contributed by atoms with van der Waals surface area (Å²) in [6, 6.07) is 16.9. The van der Waals surface area contributed by atoms with Crippen molar-refractivity contribution in [3.05, 3.63) is 93.4 Å². The molecule has 1 amide bonds. The highest BCUT2D eigenvalue weighted by Crippen LogP contribution is 2.32. The molecule has 7 heteroatoms. The molecule has 1 unspecified atom stereocenters. The van der Waals surface area contributed by atoms with Gasteiger partial charge < -0.3 is 20.4 Å². The number of benzene rings is 2. The number of likely N-dealkylation sites (tertiary alicyclic amines) is 1. The topological polar surface area (TPSA) is 101 Å². The highest BCUT2D eigenvalue weighted by Gasteiger charge is 2.27. The van der Waals surface area contributed by atoms with Crippen molar-refractivity contribution in [1.82, 2.24) is 9.88 Å². The number of fused-ring (bicyclic) bond motifs is 1. The summed E-state index contributed by atoms with van der Waals surface area (Å²) < 4.78 is 6.43. The SMILES string of the molecule is Cc1cc([C@@H](C)Nc2cccnc2C(=O)N2CCC(N)C2)c2oc(-c3ccccc3)c(C)c(=O)c2c1. The van der Waals surface area contributed by atoms with E-state index in [9.17, 15) is 9.59 Å². The molecule has 5 rings (SSSR count). The Kier molecular flexibility index (Phi) is 6.33. The van der Waals surface area contributed by atoms with Crippen LogP contribution in [0.2, 0.25) is 0 Å². The number of hydrogen-bond donors (Lipinski definition) is 2. The highest BCUT2D eigenvalue weighted by atomic mass is 16.3. The van der Waals surface area contributed by atoms with Crippen molar-refractivity contribution in [2.45, 2.75) is 39.3 Å². The van der Waals surface area contributed by atoms with Gasteiger partial charge in [-0.25, -0.2) is 4.98 Å². The molecule has 1 saturated heterocycles. The molecule has 1 fully saturated rings. The number of carbonyl (C=O) groups is 1. The minimum Gasteiger partial charge on any atom is -0.455 e. The normalized spacial score (nSPS) is 16.3. The van der Waals surface area contributed by atoms with E-state index in [0.29, 0.717) is 46.8 Å². The fourth-order valence-corrected chi connectivity index (χ4v) is 4.88.